The number of likely N-dealkylation sites (N-methyl/N-ethyl adjacent to an activating group) is 1. The van der Waals surface area contributed by atoms with Crippen LogP contribution in [0.5, 0.6) is 0 Å². The summed E-state index contributed by atoms with van der Waals surface area (Å²) in [6.45, 7) is 8.96. The van der Waals surface area contributed by atoms with Crippen LogP contribution in [-0.4, -0.2) is 84.2 Å². The maximum atomic E-state index is 12.4. The van der Waals surface area contributed by atoms with Crippen molar-refractivity contribution in [2.75, 3.05) is 26.0 Å². The van der Waals surface area contributed by atoms with Crippen LogP contribution in [0.1, 0.15) is 54.9 Å². The molecule has 0 saturated carbocycles. The first-order chi connectivity index (χ1) is 18.0. The SMILES string of the molecule is CNC(=O)/C(C)=C\N(C=O)C1OC(CO[P@@](=S)(NC(C)C(=O)OC(C)C)OCCSC(=O)C(C)(C)C)CC1Cl. The molecule has 1 saturated heterocycles. The Morgan fingerprint density at radius 1 is 1.26 bits per heavy atom. The van der Waals surface area contributed by atoms with Crippen LogP contribution in [0.15, 0.2) is 11.8 Å². The molecule has 1 heterocycles. The van der Waals surface area contributed by atoms with Gasteiger partial charge in [0.1, 0.15) is 6.04 Å². The first-order valence-electron chi connectivity index (χ1n) is 12.5. The summed E-state index contributed by atoms with van der Waals surface area (Å²) in [6, 6.07) is -0.816. The minimum absolute atomic E-state index is 0.0150. The van der Waals surface area contributed by atoms with E-state index in [1.807, 2.05) is 20.8 Å². The monoisotopic (exact) mass is 629 g/mol. The highest BCUT2D eigenvalue weighted by Crippen LogP contribution is 2.46. The van der Waals surface area contributed by atoms with Gasteiger partial charge >= 0.3 is 5.97 Å². The number of ether oxygens (including phenoxy) is 2. The average molecular weight is 630 g/mol. The molecule has 5 atom stereocenters. The molecule has 15 heteroatoms. The lowest BCUT2D eigenvalue weighted by molar-refractivity contribution is -0.149. The van der Waals surface area contributed by atoms with Crippen LogP contribution in [0, 0.1) is 5.41 Å². The molecule has 224 valence electrons. The van der Waals surface area contributed by atoms with E-state index in [1.165, 1.54) is 18.1 Å². The highest BCUT2D eigenvalue weighted by molar-refractivity contribution is 8.13. The highest BCUT2D eigenvalue weighted by Gasteiger charge is 2.39. The third-order valence-electron chi connectivity index (χ3n) is 5.15. The standard InChI is InChI=1S/C24H41ClN3O8PS2/c1-15(2)35-22(31)17(4)27-37(38,33-9-10-39-23(32)24(5,6)7)34-13-18-11-19(25)21(36-18)28(14-29)12-16(3)20(30)26-8/h12,14-15,17-19,21H,9-11,13H2,1-8H3,(H,26,30)(H,27,38)/b16-12-/t17?,18?,19?,21?,37-/m1/s1. The number of rotatable bonds is 15. The minimum Gasteiger partial charge on any atom is -0.462 e. The van der Waals surface area contributed by atoms with Crippen molar-refractivity contribution < 1.29 is 37.7 Å². The van der Waals surface area contributed by atoms with Gasteiger partial charge in [-0.1, -0.05) is 32.5 Å². The Morgan fingerprint density at radius 2 is 1.90 bits per heavy atom. The number of carbonyl (C=O) groups is 4. The molecule has 0 bridgehead atoms. The van der Waals surface area contributed by atoms with E-state index in [9.17, 15) is 19.2 Å². The number of hydrogen-bond acceptors (Lipinski definition) is 10. The van der Waals surface area contributed by atoms with E-state index in [4.69, 9.17) is 41.9 Å². The first kappa shape index (κ1) is 36.0. The number of nitrogens with zero attached hydrogens (tertiary/aromatic N) is 1. The molecule has 1 rings (SSSR count). The predicted octanol–water partition coefficient (Wildman–Crippen LogP) is 3.31. The molecule has 1 aliphatic rings. The molecule has 0 aromatic heterocycles. The molecule has 0 radical (unpaired) electrons. The molecule has 0 aromatic carbocycles. The van der Waals surface area contributed by atoms with Gasteiger partial charge in [0, 0.05) is 30.0 Å². The average Bonchev–Trinajstić information content (AvgIpc) is 3.22. The fourth-order valence-corrected chi connectivity index (χ4v) is 6.81. The van der Waals surface area contributed by atoms with Crippen molar-refractivity contribution in [2.45, 2.75) is 84.7 Å². The fraction of sp³-hybridized carbons (Fsp3) is 0.750. The number of hydrogen-bond donors (Lipinski definition) is 2. The van der Waals surface area contributed by atoms with Crippen LogP contribution in [0.25, 0.3) is 0 Å². The Balaban J connectivity index is 2.90. The van der Waals surface area contributed by atoms with Crippen molar-refractivity contribution in [3.8, 4) is 0 Å². The predicted molar refractivity (Wildman–Crippen MR) is 156 cm³/mol. The van der Waals surface area contributed by atoms with E-state index in [-0.39, 0.29) is 30.3 Å². The molecule has 2 N–H and O–H groups in total. The smallest absolute Gasteiger partial charge is 0.323 e. The molecule has 0 spiro atoms. The van der Waals surface area contributed by atoms with E-state index in [1.54, 1.807) is 27.7 Å². The zero-order valence-corrected chi connectivity index (χ0v) is 27.0. The summed E-state index contributed by atoms with van der Waals surface area (Å²) in [7, 11) is 1.49. The Morgan fingerprint density at radius 3 is 2.44 bits per heavy atom. The number of alkyl halides is 1. The molecule has 39 heavy (non-hydrogen) atoms. The highest BCUT2D eigenvalue weighted by atomic mass is 35.5. The molecular formula is C24H41ClN3O8PS2. The second kappa shape index (κ2) is 16.4. The van der Waals surface area contributed by atoms with Gasteiger partial charge in [-0.3, -0.25) is 24.1 Å². The van der Waals surface area contributed by atoms with E-state index >= 15 is 0 Å². The number of nitrogens with one attached hydrogen (secondary N) is 2. The van der Waals surface area contributed by atoms with Crippen LogP contribution < -0.4 is 10.4 Å². The van der Waals surface area contributed by atoms with Crippen molar-refractivity contribution >= 4 is 65.2 Å². The lowest BCUT2D eigenvalue weighted by atomic mass is 10.00. The van der Waals surface area contributed by atoms with E-state index in [0.717, 1.165) is 11.8 Å². The Labute approximate surface area is 245 Å². The van der Waals surface area contributed by atoms with Crippen molar-refractivity contribution in [3.05, 3.63) is 11.8 Å². The molecular weight excluding hydrogens is 589 g/mol. The summed E-state index contributed by atoms with van der Waals surface area (Å²) in [5.41, 5.74) is -0.193. The number of halogens is 1. The Bertz CT molecular complexity index is 947. The van der Waals surface area contributed by atoms with Crippen molar-refractivity contribution in [3.63, 3.8) is 0 Å². The largest absolute Gasteiger partial charge is 0.462 e. The summed E-state index contributed by atoms with van der Waals surface area (Å²) < 4.78 is 23.1. The molecule has 2 amide bonds. The number of esters is 1. The second-order valence-electron chi connectivity index (χ2n) is 10.2. The van der Waals surface area contributed by atoms with E-state index in [2.05, 4.69) is 10.4 Å². The lowest BCUT2D eigenvalue weighted by Crippen LogP contribution is -2.37. The summed E-state index contributed by atoms with van der Waals surface area (Å²) in [5.74, 6) is -0.509. The van der Waals surface area contributed by atoms with Crippen LogP contribution >= 0.6 is 30.0 Å². The zero-order chi connectivity index (χ0) is 30.0. The number of thioether (sulfide) groups is 1. The minimum atomic E-state index is -3.25. The fourth-order valence-electron chi connectivity index (χ4n) is 3.14. The molecule has 0 aromatic rings. The quantitative estimate of drug-likeness (QED) is 0.0690. The number of carbonyl (C=O) groups excluding carboxylic acids is 4. The van der Waals surface area contributed by atoms with E-state index < -0.39 is 41.8 Å². The topological polar surface area (TPSA) is 132 Å². The Kier molecular flexibility index (Phi) is 15.1. The van der Waals surface area contributed by atoms with Gasteiger partial charge in [0.05, 0.1) is 30.8 Å². The number of amides is 2. The van der Waals surface area contributed by atoms with Gasteiger partial charge in [0.15, 0.2) is 11.3 Å². The van der Waals surface area contributed by atoms with Gasteiger partial charge < -0.3 is 23.8 Å². The van der Waals surface area contributed by atoms with Crippen molar-refractivity contribution in [1.82, 2.24) is 15.3 Å². The van der Waals surface area contributed by atoms with Gasteiger partial charge in [-0.15, -0.1) is 11.6 Å². The third kappa shape index (κ3) is 12.6. The van der Waals surface area contributed by atoms with Gasteiger partial charge in [-0.05, 0) is 45.9 Å². The molecule has 1 fully saturated rings. The summed E-state index contributed by atoms with van der Waals surface area (Å²) in [4.78, 5) is 49.3. The van der Waals surface area contributed by atoms with Gasteiger partial charge in [0.25, 0.3) is 6.64 Å². The molecule has 1 aliphatic heterocycles. The Hall–Kier alpha value is -1.05. The van der Waals surface area contributed by atoms with Gasteiger partial charge in [0.2, 0.25) is 12.3 Å². The second-order valence-corrected chi connectivity index (χ2v) is 15.0. The molecule has 11 nitrogen and oxygen atoms in total. The van der Waals surface area contributed by atoms with Gasteiger partial charge in [-0.25, -0.2) is 5.09 Å². The van der Waals surface area contributed by atoms with Crippen LogP contribution in [0.2, 0.25) is 0 Å². The summed E-state index contributed by atoms with van der Waals surface area (Å²) in [5, 5.41) is 4.87. The van der Waals surface area contributed by atoms with Crippen LogP contribution in [0.4, 0.5) is 0 Å². The van der Waals surface area contributed by atoms with Gasteiger partial charge in [-0.2, -0.15) is 0 Å². The maximum absolute atomic E-state index is 12.4. The third-order valence-corrected chi connectivity index (χ3v) is 9.45. The maximum Gasteiger partial charge on any atom is 0.323 e. The lowest BCUT2D eigenvalue weighted by Gasteiger charge is -2.28. The van der Waals surface area contributed by atoms with Crippen LogP contribution in [0.3, 0.4) is 0 Å². The summed E-state index contributed by atoms with van der Waals surface area (Å²) >= 11 is 13.3. The normalized spacial score (nSPS) is 22.2. The summed E-state index contributed by atoms with van der Waals surface area (Å²) in [6.07, 6.45) is 0.540. The molecule has 4 unspecified atom stereocenters. The van der Waals surface area contributed by atoms with Crippen LogP contribution in [-0.2, 0) is 49.5 Å². The zero-order valence-electron chi connectivity index (χ0n) is 23.7. The van der Waals surface area contributed by atoms with Crippen molar-refractivity contribution in [2.24, 2.45) is 5.41 Å². The van der Waals surface area contributed by atoms with Crippen molar-refractivity contribution in [1.29, 1.82) is 0 Å². The first-order valence-corrected chi connectivity index (χ1v) is 16.6. The molecule has 0 aliphatic carbocycles. The van der Waals surface area contributed by atoms with E-state index in [0.29, 0.717) is 24.2 Å².